The first kappa shape index (κ1) is 11.2. The fraction of sp³-hybridized carbons (Fsp3) is 0.300. The number of hydrogen-bond donors (Lipinski definition) is 1. The summed E-state index contributed by atoms with van der Waals surface area (Å²) in [5.74, 6) is -0.0831. The summed E-state index contributed by atoms with van der Waals surface area (Å²) in [6.07, 6.45) is 0.923. The first-order chi connectivity index (χ1) is 7.83. The van der Waals surface area contributed by atoms with Crippen LogP contribution < -0.4 is 5.32 Å². The second kappa shape index (κ2) is 5.18. The van der Waals surface area contributed by atoms with Crippen molar-refractivity contribution in [2.75, 3.05) is 6.54 Å². The molecule has 0 aliphatic rings. The lowest BCUT2D eigenvalue weighted by atomic mass is 10.3. The minimum absolute atomic E-state index is 0.0831. The van der Waals surface area contributed by atoms with Gasteiger partial charge >= 0.3 is 0 Å². The molecule has 2 aromatic rings. The molecule has 0 bridgehead atoms. The molecular weight excluding hydrogens is 242 g/mol. The molecular formula is C10H11N3OS2. The highest BCUT2D eigenvalue weighted by molar-refractivity contribution is 7.14. The summed E-state index contributed by atoms with van der Waals surface area (Å²) in [5, 5.41) is 8.80. The van der Waals surface area contributed by atoms with Gasteiger partial charge in [0.2, 0.25) is 0 Å². The summed E-state index contributed by atoms with van der Waals surface area (Å²) < 4.78 is 3.84. The summed E-state index contributed by atoms with van der Waals surface area (Å²) in [4.78, 5) is 13.4. The Morgan fingerprint density at radius 3 is 3.12 bits per heavy atom. The van der Waals surface area contributed by atoms with Crippen molar-refractivity contribution >= 4 is 28.8 Å². The van der Waals surface area contributed by atoms with Crippen molar-refractivity contribution in [3.8, 4) is 10.6 Å². The highest BCUT2D eigenvalue weighted by Gasteiger charge is 2.17. The maximum absolute atomic E-state index is 11.8. The van der Waals surface area contributed by atoms with Crippen molar-refractivity contribution in [2.45, 2.75) is 13.3 Å². The van der Waals surface area contributed by atoms with Crippen LogP contribution in [0.15, 0.2) is 17.5 Å². The first-order valence-electron chi connectivity index (χ1n) is 4.97. The van der Waals surface area contributed by atoms with Crippen LogP contribution in [0.3, 0.4) is 0 Å². The van der Waals surface area contributed by atoms with E-state index in [1.807, 2.05) is 24.4 Å². The third-order valence-corrected chi connectivity index (χ3v) is 3.59. The summed E-state index contributed by atoms with van der Waals surface area (Å²) in [7, 11) is 0. The Morgan fingerprint density at radius 1 is 1.56 bits per heavy atom. The van der Waals surface area contributed by atoms with Gasteiger partial charge in [-0.3, -0.25) is 4.79 Å². The smallest absolute Gasteiger partial charge is 0.265 e. The standard InChI is InChI=1S/C10H11N3OS2/c1-2-5-11-10(14)9-8(12-13-16-9)7-4-3-6-15-7/h3-4,6H,2,5H2,1H3,(H,11,14). The molecule has 0 aromatic carbocycles. The van der Waals surface area contributed by atoms with E-state index in [9.17, 15) is 4.79 Å². The Labute approximate surface area is 101 Å². The summed E-state index contributed by atoms with van der Waals surface area (Å²) in [6.45, 7) is 2.70. The fourth-order valence-corrected chi connectivity index (χ4v) is 2.61. The monoisotopic (exact) mass is 253 g/mol. The number of aromatic nitrogens is 2. The molecule has 0 spiro atoms. The number of rotatable bonds is 4. The van der Waals surface area contributed by atoms with Crippen LogP contribution in [-0.2, 0) is 0 Å². The van der Waals surface area contributed by atoms with Gasteiger partial charge in [-0.1, -0.05) is 17.5 Å². The Bertz CT molecular complexity index is 464. The molecule has 0 saturated carbocycles. The van der Waals surface area contributed by atoms with Crippen LogP contribution in [0.25, 0.3) is 10.6 Å². The minimum atomic E-state index is -0.0831. The summed E-state index contributed by atoms with van der Waals surface area (Å²) >= 11 is 2.70. The molecule has 16 heavy (non-hydrogen) atoms. The fourth-order valence-electron chi connectivity index (χ4n) is 1.23. The molecule has 6 heteroatoms. The zero-order valence-corrected chi connectivity index (χ0v) is 10.4. The van der Waals surface area contributed by atoms with Gasteiger partial charge in [0, 0.05) is 6.54 Å². The second-order valence-electron chi connectivity index (χ2n) is 3.18. The van der Waals surface area contributed by atoms with Crippen molar-refractivity contribution in [1.82, 2.24) is 14.9 Å². The maximum Gasteiger partial charge on any atom is 0.265 e. The van der Waals surface area contributed by atoms with Crippen LogP contribution in [-0.4, -0.2) is 22.0 Å². The first-order valence-corrected chi connectivity index (χ1v) is 6.62. The van der Waals surface area contributed by atoms with E-state index in [-0.39, 0.29) is 5.91 Å². The van der Waals surface area contributed by atoms with Gasteiger partial charge in [0.15, 0.2) is 0 Å². The average Bonchev–Trinajstić information content (AvgIpc) is 2.94. The molecule has 0 radical (unpaired) electrons. The normalized spacial score (nSPS) is 10.3. The minimum Gasteiger partial charge on any atom is -0.351 e. The third-order valence-electron chi connectivity index (χ3n) is 1.98. The molecule has 0 unspecified atom stereocenters. The van der Waals surface area contributed by atoms with Gasteiger partial charge < -0.3 is 5.32 Å². The number of carbonyl (C=O) groups excluding carboxylic acids is 1. The molecule has 2 aromatic heterocycles. The topological polar surface area (TPSA) is 54.9 Å². The summed E-state index contributed by atoms with van der Waals surface area (Å²) in [6, 6.07) is 3.88. The van der Waals surface area contributed by atoms with Crippen molar-refractivity contribution in [2.24, 2.45) is 0 Å². The Balaban J connectivity index is 2.23. The van der Waals surface area contributed by atoms with Gasteiger partial charge in [0.1, 0.15) is 10.6 Å². The molecule has 4 nitrogen and oxygen atoms in total. The molecule has 2 heterocycles. The van der Waals surface area contributed by atoms with Crippen molar-refractivity contribution in [1.29, 1.82) is 0 Å². The van der Waals surface area contributed by atoms with Gasteiger partial charge in [0.25, 0.3) is 5.91 Å². The average molecular weight is 253 g/mol. The van der Waals surface area contributed by atoms with E-state index in [1.165, 1.54) is 0 Å². The number of nitrogens with zero attached hydrogens (tertiary/aromatic N) is 2. The van der Waals surface area contributed by atoms with E-state index in [0.29, 0.717) is 17.1 Å². The van der Waals surface area contributed by atoms with Gasteiger partial charge in [0.05, 0.1) is 4.88 Å². The Morgan fingerprint density at radius 2 is 2.44 bits per heavy atom. The largest absolute Gasteiger partial charge is 0.351 e. The lowest BCUT2D eigenvalue weighted by molar-refractivity contribution is 0.0958. The van der Waals surface area contributed by atoms with Crippen LogP contribution in [0, 0.1) is 0 Å². The molecule has 0 aliphatic heterocycles. The van der Waals surface area contributed by atoms with Crippen molar-refractivity contribution < 1.29 is 4.79 Å². The van der Waals surface area contributed by atoms with Crippen LogP contribution >= 0.6 is 22.9 Å². The van der Waals surface area contributed by atoms with Gasteiger partial charge in [-0.2, -0.15) is 0 Å². The molecule has 0 fully saturated rings. The van der Waals surface area contributed by atoms with Crippen LogP contribution in [0.1, 0.15) is 23.0 Å². The maximum atomic E-state index is 11.8. The molecule has 0 aliphatic carbocycles. The van der Waals surface area contributed by atoms with E-state index in [4.69, 9.17) is 0 Å². The third kappa shape index (κ3) is 2.28. The van der Waals surface area contributed by atoms with Crippen LogP contribution in [0.2, 0.25) is 0 Å². The zero-order chi connectivity index (χ0) is 11.4. The van der Waals surface area contributed by atoms with E-state index in [1.54, 1.807) is 11.3 Å². The summed E-state index contributed by atoms with van der Waals surface area (Å²) in [5.41, 5.74) is 0.689. The number of thiophene rings is 1. The van der Waals surface area contributed by atoms with E-state index >= 15 is 0 Å². The van der Waals surface area contributed by atoms with Gasteiger partial charge in [-0.15, -0.1) is 16.4 Å². The van der Waals surface area contributed by atoms with E-state index in [0.717, 1.165) is 22.8 Å². The number of nitrogens with one attached hydrogen (secondary N) is 1. The quantitative estimate of drug-likeness (QED) is 0.910. The van der Waals surface area contributed by atoms with Crippen molar-refractivity contribution in [3.05, 3.63) is 22.4 Å². The Kier molecular flexibility index (Phi) is 3.63. The second-order valence-corrected chi connectivity index (χ2v) is 4.89. The molecule has 0 atom stereocenters. The highest BCUT2D eigenvalue weighted by Crippen LogP contribution is 2.27. The van der Waals surface area contributed by atoms with E-state index < -0.39 is 0 Å². The number of amides is 1. The van der Waals surface area contributed by atoms with E-state index in [2.05, 4.69) is 14.9 Å². The number of carbonyl (C=O) groups is 1. The van der Waals surface area contributed by atoms with Crippen LogP contribution in [0.4, 0.5) is 0 Å². The number of hydrogen-bond acceptors (Lipinski definition) is 5. The SMILES string of the molecule is CCCNC(=O)c1snnc1-c1cccs1. The molecule has 84 valence electrons. The molecule has 1 amide bonds. The van der Waals surface area contributed by atoms with Crippen LogP contribution in [0.5, 0.6) is 0 Å². The van der Waals surface area contributed by atoms with Gasteiger partial charge in [-0.05, 0) is 29.4 Å². The highest BCUT2D eigenvalue weighted by atomic mass is 32.1. The predicted octanol–water partition coefficient (Wildman–Crippen LogP) is 2.41. The molecule has 1 N–H and O–H groups in total. The van der Waals surface area contributed by atoms with Gasteiger partial charge in [-0.25, -0.2) is 0 Å². The molecule has 2 rings (SSSR count). The molecule has 0 saturated heterocycles. The Hall–Kier alpha value is -1.27. The lowest BCUT2D eigenvalue weighted by Gasteiger charge is -2.00. The zero-order valence-electron chi connectivity index (χ0n) is 8.77. The van der Waals surface area contributed by atoms with Crippen molar-refractivity contribution in [3.63, 3.8) is 0 Å². The predicted molar refractivity (Wildman–Crippen MR) is 65.8 cm³/mol. The lowest BCUT2D eigenvalue weighted by Crippen LogP contribution is -2.23.